The Hall–Kier alpha value is -2.40. The van der Waals surface area contributed by atoms with Crippen LogP contribution in [0.5, 0.6) is 0 Å². The van der Waals surface area contributed by atoms with Crippen molar-refractivity contribution in [2.24, 2.45) is 0 Å². The van der Waals surface area contributed by atoms with Gasteiger partial charge in [0.2, 0.25) is 5.16 Å². The predicted molar refractivity (Wildman–Crippen MR) is 94.8 cm³/mol. The van der Waals surface area contributed by atoms with Gasteiger partial charge < -0.3 is 4.74 Å². The van der Waals surface area contributed by atoms with E-state index >= 15 is 0 Å². The molecule has 1 fully saturated rings. The Morgan fingerprint density at radius 2 is 2.04 bits per heavy atom. The van der Waals surface area contributed by atoms with Crippen LogP contribution in [0.2, 0.25) is 5.02 Å². The molecular weight excluding hydrogens is 375 g/mol. The fourth-order valence-electron chi connectivity index (χ4n) is 3.05. The Balaban J connectivity index is 1.74. The smallest absolute Gasteiger partial charge is 0.200 e. The van der Waals surface area contributed by atoms with Crippen LogP contribution >= 0.6 is 23.4 Å². The van der Waals surface area contributed by atoms with Gasteiger partial charge in [-0.1, -0.05) is 41.9 Å². The Morgan fingerprint density at radius 3 is 2.77 bits per heavy atom. The van der Waals surface area contributed by atoms with Crippen molar-refractivity contribution in [1.82, 2.24) is 14.8 Å². The highest BCUT2D eigenvalue weighted by atomic mass is 35.5. The molecule has 1 aliphatic rings. The fraction of sp³-hybridized carbons (Fsp3) is 0.167. The largest absolute Gasteiger partial charge is 0.354 e. The summed E-state index contributed by atoms with van der Waals surface area (Å²) in [4.78, 5) is 4.09. The minimum Gasteiger partial charge on any atom is -0.354 e. The van der Waals surface area contributed by atoms with E-state index in [4.69, 9.17) is 21.6 Å². The van der Waals surface area contributed by atoms with Crippen LogP contribution in [0, 0.1) is 16.5 Å². The molecule has 4 rings (SSSR count). The van der Waals surface area contributed by atoms with E-state index in [9.17, 15) is 4.39 Å². The van der Waals surface area contributed by atoms with Crippen molar-refractivity contribution in [3.8, 4) is 5.40 Å². The molecule has 1 aromatic heterocycles. The topological polar surface area (TPSA) is 67.0 Å². The minimum absolute atomic E-state index is 0.300. The number of benzene rings is 2. The van der Waals surface area contributed by atoms with E-state index < -0.39 is 5.60 Å². The Kier molecular flexibility index (Phi) is 4.41. The van der Waals surface area contributed by atoms with E-state index in [1.54, 1.807) is 22.9 Å². The molecule has 0 saturated carbocycles. The average molecular weight is 387 g/mol. The number of ether oxygens (including phenoxy) is 1. The van der Waals surface area contributed by atoms with E-state index in [0.29, 0.717) is 16.7 Å². The predicted octanol–water partition coefficient (Wildman–Crippen LogP) is 4.31. The Labute approximate surface area is 158 Å². The highest BCUT2D eigenvalue weighted by Crippen LogP contribution is 2.59. The standard InChI is InChI=1S/C18H12ClFN4OS/c19-15-4-2-1-3-14(15)16-18(25-16,12-5-7-13(20)8-6-12)9-24-17(26-10-21)22-11-23-24/h1-8,11,16H,9H2/t16-,18-/m1/s1. The second-order valence-corrected chi connectivity index (χ2v) is 6.97. The van der Waals surface area contributed by atoms with Crippen LogP contribution in [-0.4, -0.2) is 14.8 Å². The van der Waals surface area contributed by atoms with Crippen molar-refractivity contribution in [2.75, 3.05) is 0 Å². The summed E-state index contributed by atoms with van der Waals surface area (Å²) in [5, 5.41) is 16.2. The summed E-state index contributed by atoms with van der Waals surface area (Å²) in [5.41, 5.74) is 0.914. The van der Waals surface area contributed by atoms with E-state index in [2.05, 4.69) is 10.1 Å². The van der Waals surface area contributed by atoms with Gasteiger partial charge in [-0.05, 0) is 23.8 Å². The first-order valence-corrected chi connectivity index (χ1v) is 8.95. The van der Waals surface area contributed by atoms with Crippen LogP contribution in [0.4, 0.5) is 4.39 Å². The second-order valence-electron chi connectivity index (χ2n) is 5.81. The molecule has 8 heteroatoms. The lowest BCUT2D eigenvalue weighted by molar-refractivity contribution is 0.256. The molecule has 2 atom stereocenters. The number of thioether (sulfide) groups is 1. The lowest BCUT2D eigenvalue weighted by Crippen LogP contribution is -2.20. The van der Waals surface area contributed by atoms with Crippen molar-refractivity contribution < 1.29 is 9.13 Å². The highest BCUT2D eigenvalue weighted by Gasteiger charge is 2.59. The van der Waals surface area contributed by atoms with Crippen molar-refractivity contribution in [1.29, 1.82) is 5.26 Å². The molecule has 0 bridgehead atoms. The van der Waals surface area contributed by atoms with Crippen LogP contribution in [0.3, 0.4) is 0 Å². The van der Waals surface area contributed by atoms with Crippen LogP contribution in [0.15, 0.2) is 60.0 Å². The first-order valence-electron chi connectivity index (χ1n) is 7.76. The lowest BCUT2D eigenvalue weighted by atomic mass is 9.91. The number of nitriles is 1. The molecule has 1 aliphatic heterocycles. The van der Waals surface area contributed by atoms with Gasteiger partial charge in [0.05, 0.1) is 6.54 Å². The molecule has 130 valence electrons. The maximum Gasteiger partial charge on any atom is 0.200 e. The van der Waals surface area contributed by atoms with Crippen LogP contribution in [-0.2, 0) is 16.9 Å². The van der Waals surface area contributed by atoms with Gasteiger partial charge >= 0.3 is 0 Å². The Morgan fingerprint density at radius 1 is 1.27 bits per heavy atom. The molecule has 0 N–H and O–H groups in total. The van der Waals surface area contributed by atoms with E-state index in [1.165, 1.54) is 18.5 Å². The fourth-order valence-corrected chi connectivity index (χ4v) is 3.68. The van der Waals surface area contributed by atoms with Crippen molar-refractivity contribution in [3.05, 3.63) is 76.8 Å². The number of hydrogen-bond donors (Lipinski definition) is 0. The molecule has 0 radical (unpaired) electrons. The first kappa shape index (κ1) is 17.0. The third-order valence-electron chi connectivity index (χ3n) is 4.32. The van der Waals surface area contributed by atoms with Crippen molar-refractivity contribution in [2.45, 2.75) is 23.4 Å². The second kappa shape index (κ2) is 6.72. The van der Waals surface area contributed by atoms with Crippen LogP contribution in [0.25, 0.3) is 0 Å². The molecule has 26 heavy (non-hydrogen) atoms. The number of nitrogens with zero attached hydrogens (tertiary/aromatic N) is 4. The molecule has 5 nitrogen and oxygen atoms in total. The van der Waals surface area contributed by atoms with E-state index in [-0.39, 0.29) is 11.9 Å². The molecule has 0 spiro atoms. The molecule has 1 saturated heterocycles. The third kappa shape index (κ3) is 2.97. The lowest BCUT2D eigenvalue weighted by Gasteiger charge is -2.15. The van der Waals surface area contributed by atoms with Gasteiger partial charge in [0, 0.05) is 22.3 Å². The first-order chi connectivity index (χ1) is 12.6. The minimum atomic E-state index is -0.753. The number of rotatable bonds is 5. The molecule has 2 heterocycles. The zero-order chi connectivity index (χ0) is 18.1. The molecular formula is C18H12ClFN4OS. The van der Waals surface area contributed by atoms with Crippen molar-refractivity contribution >= 4 is 23.4 Å². The number of epoxide rings is 1. The number of hydrogen-bond acceptors (Lipinski definition) is 5. The van der Waals surface area contributed by atoms with E-state index in [1.807, 2.05) is 23.6 Å². The summed E-state index contributed by atoms with van der Waals surface area (Å²) >= 11 is 7.27. The number of aromatic nitrogens is 3. The monoisotopic (exact) mass is 386 g/mol. The van der Waals surface area contributed by atoms with Gasteiger partial charge in [-0.2, -0.15) is 10.4 Å². The van der Waals surface area contributed by atoms with Crippen LogP contribution in [0.1, 0.15) is 17.2 Å². The van der Waals surface area contributed by atoms with Gasteiger partial charge in [0.15, 0.2) is 0 Å². The maximum absolute atomic E-state index is 13.4. The van der Waals surface area contributed by atoms with E-state index in [0.717, 1.165) is 22.9 Å². The average Bonchev–Trinajstić information content (AvgIpc) is 3.19. The summed E-state index contributed by atoms with van der Waals surface area (Å²) in [6.45, 7) is 0.332. The normalized spacial score (nSPS) is 21.3. The number of halogens is 2. The SMILES string of the molecule is N#CSc1ncnn1C[C@]1(c2ccc(F)cc2)O[C@@H]1c1ccccc1Cl. The molecule has 0 aliphatic carbocycles. The van der Waals surface area contributed by atoms with Gasteiger partial charge in [-0.25, -0.2) is 14.1 Å². The number of thiocyanates is 1. The van der Waals surface area contributed by atoms with Gasteiger partial charge in [-0.3, -0.25) is 0 Å². The summed E-state index contributed by atoms with van der Waals surface area (Å²) in [5.74, 6) is -0.319. The summed E-state index contributed by atoms with van der Waals surface area (Å²) in [6, 6.07) is 13.6. The molecule has 3 aromatic rings. The van der Waals surface area contributed by atoms with Gasteiger partial charge in [0.25, 0.3) is 0 Å². The zero-order valence-corrected chi connectivity index (χ0v) is 14.9. The highest BCUT2D eigenvalue weighted by molar-refractivity contribution is 8.03. The van der Waals surface area contributed by atoms with Gasteiger partial charge in [0.1, 0.15) is 29.3 Å². The van der Waals surface area contributed by atoms with Crippen molar-refractivity contribution in [3.63, 3.8) is 0 Å². The molecule has 0 amide bonds. The summed E-state index contributed by atoms with van der Waals surface area (Å²) in [7, 11) is 0. The van der Waals surface area contributed by atoms with Crippen LogP contribution < -0.4 is 0 Å². The maximum atomic E-state index is 13.4. The Bertz CT molecular complexity index is 987. The molecule has 0 unspecified atom stereocenters. The quantitative estimate of drug-likeness (QED) is 0.371. The van der Waals surface area contributed by atoms with Gasteiger partial charge in [-0.15, -0.1) is 0 Å². The molecule has 2 aromatic carbocycles. The summed E-state index contributed by atoms with van der Waals surface area (Å²) < 4.78 is 21.1. The summed E-state index contributed by atoms with van der Waals surface area (Å²) in [6.07, 6.45) is 1.09. The zero-order valence-electron chi connectivity index (χ0n) is 13.3. The third-order valence-corrected chi connectivity index (χ3v) is 5.25.